The first-order chi connectivity index (χ1) is 18.4. The number of aromatic nitrogens is 3. The summed E-state index contributed by atoms with van der Waals surface area (Å²) in [6.45, 7) is 8.86. The van der Waals surface area contributed by atoms with Crippen LogP contribution in [0.1, 0.15) is 51.3 Å². The molecule has 0 aliphatic carbocycles. The zero-order valence-electron chi connectivity index (χ0n) is 21.7. The quantitative estimate of drug-likeness (QED) is 0.180. The van der Waals surface area contributed by atoms with Gasteiger partial charge in [0.25, 0.3) is 0 Å². The number of benzene rings is 2. The molecule has 1 aliphatic heterocycles. The summed E-state index contributed by atoms with van der Waals surface area (Å²) < 4.78 is 20.2. The number of nitrogens with zero attached hydrogens (tertiary/aromatic N) is 3. The average molecular weight is 622 g/mol. The second-order valence-electron chi connectivity index (χ2n) is 8.48. The van der Waals surface area contributed by atoms with Crippen LogP contribution >= 0.6 is 39.3 Å². The Morgan fingerprint density at radius 2 is 1.95 bits per heavy atom. The summed E-state index contributed by atoms with van der Waals surface area (Å²) in [5.41, 5.74) is 2.89. The molecule has 0 radical (unpaired) electrons. The van der Waals surface area contributed by atoms with Gasteiger partial charge in [0, 0.05) is 10.7 Å². The number of ether oxygens (including phenoxy) is 3. The molecule has 1 aliphatic rings. The second kappa shape index (κ2) is 12.9. The van der Waals surface area contributed by atoms with Crippen molar-refractivity contribution < 1.29 is 19.0 Å². The molecule has 0 amide bonds. The summed E-state index contributed by atoms with van der Waals surface area (Å²) in [6, 6.07) is 10.7. The Morgan fingerprint density at radius 3 is 2.63 bits per heavy atom. The summed E-state index contributed by atoms with van der Waals surface area (Å²) in [5, 5.41) is 9.25. The number of fused-ring (bicyclic) bond motifs is 1. The number of carbonyl (C=O) groups is 1. The molecule has 38 heavy (non-hydrogen) atoms. The van der Waals surface area contributed by atoms with Crippen molar-refractivity contribution in [3.05, 3.63) is 68.3 Å². The first kappa shape index (κ1) is 28.3. The van der Waals surface area contributed by atoms with Gasteiger partial charge in [0.1, 0.15) is 12.6 Å². The fourth-order valence-electron chi connectivity index (χ4n) is 4.05. The first-order valence-corrected chi connectivity index (χ1v) is 14.6. The standard InChI is InChI=1S/C27H30BrClN4O4S/c1-5-12-36-25(34)22-16(4)30-26-31-27(38-7-3)32-33(26)23(22)18-13-20(28)24(21(14-18)35-6-2)37-15-17-8-10-19(29)11-9-17/h8-11,13-14,23H,5-7,12,15H2,1-4H3,(H,30,31,32). The van der Waals surface area contributed by atoms with Crippen LogP contribution in [0.25, 0.3) is 0 Å². The molecule has 202 valence electrons. The van der Waals surface area contributed by atoms with E-state index in [9.17, 15) is 4.79 Å². The van der Waals surface area contributed by atoms with Gasteiger partial charge < -0.3 is 19.5 Å². The Hall–Kier alpha value is -2.69. The minimum atomic E-state index is -0.574. The highest BCUT2D eigenvalue weighted by molar-refractivity contribution is 9.10. The third kappa shape index (κ3) is 6.30. The molecule has 0 fully saturated rings. The molecule has 1 unspecified atom stereocenters. The van der Waals surface area contributed by atoms with Crippen molar-refractivity contribution in [3.8, 4) is 11.5 Å². The maximum atomic E-state index is 13.3. The topological polar surface area (TPSA) is 87.5 Å². The lowest BCUT2D eigenvalue weighted by molar-refractivity contribution is -0.139. The van der Waals surface area contributed by atoms with E-state index < -0.39 is 12.0 Å². The summed E-state index contributed by atoms with van der Waals surface area (Å²) >= 11 is 11.2. The Bertz CT molecular complexity index is 1330. The van der Waals surface area contributed by atoms with E-state index in [1.807, 2.05) is 64.1 Å². The van der Waals surface area contributed by atoms with Crippen molar-refractivity contribution in [2.24, 2.45) is 0 Å². The number of hydrogen-bond acceptors (Lipinski definition) is 8. The number of carbonyl (C=O) groups excluding carboxylic acids is 1. The van der Waals surface area contributed by atoms with Crippen molar-refractivity contribution in [1.29, 1.82) is 0 Å². The van der Waals surface area contributed by atoms with Gasteiger partial charge in [0.15, 0.2) is 11.5 Å². The van der Waals surface area contributed by atoms with E-state index in [0.29, 0.717) is 63.2 Å². The molecule has 0 saturated carbocycles. The summed E-state index contributed by atoms with van der Waals surface area (Å²) in [5.74, 6) is 2.10. The highest BCUT2D eigenvalue weighted by Crippen LogP contribution is 2.43. The van der Waals surface area contributed by atoms with Crippen LogP contribution in [0, 0.1) is 0 Å². The van der Waals surface area contributed by atoms with Gasteiger partial charge in [-0.2, -0.15) is 4.98 Å². The third-order valence-corrected chi connectivity index (χ3v) is 7.27. The Labute approximate surface area is 240 Å². The van der Waals surface area contributed by atoms with Gasteiger partial charge in [-0.3, -0.25) is 0 Å². The molecule has 2 heterocycles. The monoisotopic (exact) mass is 620 g/mol. The number of thioether (sulfide) groups is 1. The predicted octanol–water partition coefficient (Wildman–Crippen LogP) is 7.03. The average Bonchev–Trinajstić information content (AvgIpc) is 3.29. The molecule has 3 aromatic rings. The van der Waals surface area contributed by atoms with E-state index in [2.05, 4.69) is 26.2 Å². The molecule has 0 bridgehead atoms. The SMILES string of the molecule is CCCOC(=O)C1=C(C)Nc2nc(SCC)nn2C1c1cc(Br)c(OCc2ccc(Cl)cc2)c(OCC)c1. The van der Waals surface area contributed by atoms with Gasteiger partial charge in [-0.1, -0.05) is 49.3 Å². The molecule has 1 aromatic heterocycles. The highest BCUT2D eigenvalue weighted by atomic mass is 79.9. The zero-order valence-corrected chi connectivity index (χ0v) is 24.9. The molecular weight excluding hydrogens is 592 g/mol. The lowest BCUT2D eigenvalue weighted by atomic mass is 9.95. The molecule has 2 aromatic carbocycles. The van der Waals surface area contributed by atoms with Crippen molar-refractivity contribution in [1.82, 2.24) is 14.8 Å². The van der Waals surface area contributed by atoms with E-state index in [1.54, 1.807) is 4.68 Å². The van der Waals surface area contributed by atoms with Crippen molar-refractivity contribution >= 4 is 51.2 Å². The van der Waals surface area contributed by atoms with Crippen LogP contribution < -0.4 is 14.8 Å². The van der Waals surface area contributed by atoms with Gasteiger partial charge in [0.2, 0.25) is 11.1 Å². The summed E-state index contributed by atoms with van der Waals surface area (Å²) in [4.78, 5) is 17.9. The fourth-order valence-corrected chi connectivity index (χ4v) is 5.31. The number of halogens is 2. The number of hydrogen-bond donors (Lipinski definition) is 1. The molecule has 1 atom stereocenters. The number of allylic oxidation sites excluding steroid dienone is 1. The van der Waals surface area contributed by atoms with E-state index in [-0.39, 0.29) is 0 Å². The van der Waals surface area contributed by atoms with Gasteiger partial charge in [-0.15, -0.1) is 5.10 Å². The van der Waals surface area contributed by atoms with E-state index in [0.717, 1.165) is 23.3 Å². The molecule has 11 heteroatoms. The highest BCUT2D eigenvalue weighted by Gasteiger charge is 2.36. The van der Waals surface area contributed by atoms with Crippen LogP contribution in [0.5, 0.6) is 11.5 Å². The largest absolute Gasteiger partial charge is 0.490 e. The van der Waals surface area contributed by atoms with Gasteiger partial charge >= 0.3 is 5.97 Å². The minimum Gasteiger partial charge on any atom is -0.490 e. The first-order valence-electron chi connectivity index (χ1n) is 12.4. The van der Waals surface area contributed by atoms with Crippen LogP contribution in [-0.2, 0) is 16.1 Å². The van der Waals surface area contributed by atoms with Gasteiger partial charge in [-0.05, 0) is 77.3 Å². The number of rotatable bonds is 11. The molecular formula is C27H30BrClN4O4S. The van der Waals surface area contributed by atoms with Crippen LogP contribution in [-0.4, -0.2) is 39.7 Å². The van der Waals surface area contributed by atoms with E-state index in [4.69, 9.17) is 30.9 Å². The van der Waals surface area contributed by atoms with Crippen LogP contribution in [0.4, 0.5) is 5.95 Å². The Morgan fingerprint density at radius 1 is 1.18 bits per heavy atom. The van der Waals surface area contributed by atoms with E-state index in [1.165, 1.54) is 11.8 Å². The predicted molar refractivity (Wildman–Crippen MR) is 153 cm³/mol. The molecule has 4 rings (SSSR count). The van der Waals surface area contributed by atoms with Crippen molar-refractivity contribution in [2.75, 3.05) is 24.3 Å². The second-order valence-corrected chi connectivity index (χ2v) is 11.0. The maximum absolute atomic E-state index is 13.3. The smallest absolute Gasteiger partial charge is 0.338 e. The van der Waals surface area contributed by atoms with Crippen molar-refractivity contribution in [2.45, 2.75) is 51.9 Å². The van der Waals surface area contributed by atoms with Crippen LogP contribution in [0.2, 0.25) is 5.02 Å². The van der Waals surface area contributed by atoms with Crippen molar-refractivity contribution in [3.63, 3.8) is 0 Å². The third-order valence-electron chi connectivity index (χ3n) is 5.71. The Balaban J connectivity index is 1.77. The number of anilines is 1. The lowest BCUT2D eigenvalue weighted by Crippen LogP contribution is -2.30. The Kier molecular flexibility index (Phi) is 9.62. The molecule has 0 saturated heterocycles. The van der Waals surface area contributed by atoms with Crippen LogP contribution in [0.3, 0.4) is 0 Å². The molecule has 0 spiro atoms. The number of esters is 1. The molecule has 8 nitrogen and oxygen atoms in total. The molecule has 1 N–H and O–H groups in total. The summed E-state index contributed by atoms with van der Waals surface area (Å²) in [7, 11) is 0. The van der Waals surface area contributed by atoms with Crippen LogP contribution in [0.15, 0.2) is 57.3 Å². The summed E-state index contributed by atoms with van der Waals surface area (Å²) in [6.07, 6.45) is 0.724. The van der Waals surface area contributed by atoms with Gasteiger partial charge in [0.05, 0.1) is 23.3 Å². The fraction of sp³-hybridized carbons (Fsp3) is 0.370. The lowest BCUT2D eigenvalue weighted by Gasteiger charge is -2.29. The van der Waals surface area contributed by atoms with E-state index >= 15 is 0 Å². The zero-order chi connectivity index (χ0) is 27.2. The maximum Gasteiger partial charge on any atom is 0.338 e. The minimum absolute atomic E-state index is 0.328. The normalized spacial score (nSPS) is 14.6. The number of nitrogens with one attached hydrogen (secondary N) is 1. The van der Waals surface area contributed by atoms with Gasteiger partial charge in [-0.25, -0.2) is 9.48 Å².